The normalized spacial score (nSPS) is 33.0. The van der Waals surface area contributed by atoms with Gasteiger partial charge in [0, 0.05) is 22.5 Å². The van der Waals surface area contributed by atoms with E-state index in [4.69, 9.17) is 40.5 Å². The van der Waals surface area contributed by atoms with Crippen molar-refractivity contribution < 1.29 is 9.59 Å². The molecule has 7 rings (SSSR count). The van der Waals surface area contributed by atoms with E-state index in [-0.39, 0.29) is 28.4 Å². The molecular formula is C25H28Cl3N5O2. The largest absolute Gasteiger partial charge is 0.365 e. The molecule has 1 aromatic heterocycles. The molecule has 186 valence electrons. The lowest BCUT2D eigenvalue weighted by atomic mass is 9.47. The molecule has 4 bridgehead atoms. The maximum Gasteiger partial charge on any atom is 0.318 e. The molecule has 1 aromatic carbocycles. The Kier molecular flexibility index (Phi) is 5.20. The third-order valence-electron chi connectivity index (χ3n) is 8.36. The van der Waals surface area contributed by atoms with Crippen LogP contribution in [0.15, 0.2) is 18.2 Å². The number of carbonyl (C=O) groups excluding carboxylic acids is 2. The number of nitrogens with zero attached hydrogens (tertiary/aromatic N) is 3. The number of fused-ring (bicyclic) bond motifs is 1. The molecule has 2 aromatic rings. The van der Waals surface area contributed by atoms with Crippen LogP contribution in [0.25, 0.3) is 11.3 Å². The molecule has 2 heterocycles. The van der Waals surface area contributed by atoms with Gasteiger partial charge in [-0.05, 0) is 62.0 Å². The van der Waals surface area contributed by atoms with E-state index in [1.807, 2.05) is 0 Å². The molecule has 7 nitrogen and oxygen atoms in total. The second-order valence-electron chi connectivity index (χ2n) is 11.5. The lowest BCUT2D eigenvalue weighted by molar-refractivity contribution is -0.0564. The summed E-state index contributed by atoms with van der Waals surface area (Å²) in [6, 6.07) is 4.98. The van der Waals surface area contributed by atoms with Crippen molar-refractivity contribution in [2.75, 3.05) is 6.54 Å². The Morgan fingerprint density at radius 3 is 2.60 bits per heavy atom. The quantitative estimate of drug-likeness (QED) is 0.528. The van der Waals surface area contributed by atoms with E-state index in [1.165, 1.54) is 6.42 Å². The molecule has 0 radical (unpaired) electrons. The predicted octanol–water partition coefficient (Wildman–Crippen LogP) is 5.20. The molecule has 4 aliphatic carbocycles. The second kappa shape index (κ2) is 7.77. The van der Waals surface area contributed by atoms with E-state index in [9.17, 15) is 9.59 Å². The summed E-state index contributed by atoms with van der Waals surface area (Å²) >= 11 is 19.3. The van der Waals surface area contributed by atoms with Gasteiger partial charge in [0.2, 0.25) is 0 Å². The minimum atomic E-state index is -0.590. The number of alkyl halides is 1. The van der Waals surface area contributed by atoms with E-state index in [0.29, 0.717) is 51.6 Å². The number of nitrogens with one attached hydrogen (secondary N) is 1. The smallest absolute Gasteiger partial charge is 0.318 e. The fourth-order valence-electron chi connectivity index (χ4n) is 7.83. The van der Waals surface area contributed by atoms with Crippen LogP contribution in [0.4, 0.5) is 4.79 Å². The number of hydrogen-bond donors (Lipinski definition) is 2. The molecule has 5 aliphatic rings. The van der Waals surface area contributed by atoms with Crippen LogP contribution in [0.1, 0.15) is 61.5 Å². The third kappa shape index (κ3) is 3.91. The first-order valence-corrected chi connectivity index (χ1v) is 13.2. The van der Waals surface area contributed by atoms with E-state index in [2.05, 4.69) is 17.3 Å². The van der Waals surface area contributed by atoms with Gasteiger partial charge in [0.05, 0.1) is 34.4 Å². The molecular weight excluding hydrogens is 509 g/mol. The molecule has 1 aliphatic heterocycles. The lowest BCUT2D eigenvalue weighted by Crippen LogP contribution is -2.67. The summed E-state index contributed by atoms with van der Waals surface area (Å²) in [6.07, 6.45) is 6.04. The fraction of sp³-hybridized carbons (Fsp3) is 0.560. The van der Waals surface area contributed by atoms with Crippen molar-refractivity contribution in [1.29, 1.82) is 0 Å². The lowest BCUT2D eigenvalue weighted by Gasteiger charge is -2.64. The standard InChI is InChI=1S/C25H28Cl3N5O2/c1-23-7-14-8-24(28,11-23)13-25(9-14,12-23)30-22(35)32-4-5-33-18(10-32)19(21(29)34)20(31-33)15-2-3-16(26)17(27)6-15/h2-3,6,14H,4-5,7-13H2,1H3,(H2,29,34)(H,30,35)/t14-,23+,24+,25-/m0/s1. The van der Waals surface area contributed by atoms with E-state index in [0.717, 1.165) is 32.1 Å². The highest BCUT2D eigenvalue weighted by Gasteiger charge is 2.62. The van der Waals surface area contributed by atoms with Crippen LogP contribution in [-0.4, -0.2) is 43.6 Å². The summed E-state index contributed by atoms with van der Waals surface area (Å²) in [6.45, 7) is 3.53. The molecule has 0 spiro atoms. The van der Waals surface area contributed by atoms with Gasteiger partial charge in [-0.3, -0.25) is 9.48 Å². The van der Waals surface area contributed by atoms with E-state index < -0.39 is 5.91 Å². The Labute approximate surface area is 219 Å². The van der Waals surface area contributed by atoms with Crippen LogP contribution in [0.2, 0.25) is 10.0 Å². The predicted molar refractivity (Wildman–Crippen MR) is 136 cm³/mol. The number of halogens is 3. The van der Waals surface area contributed by atoms with Gasteiger partial charge < -0.3 is 16.0 Å². The Morgan fingerprint density at radius 1 is 1.11 bits per heavy atom. The number of hydrogen-bond acceptors (Lipinski definition) is 3. The highest BCUT2D eigenvalue weighted by Crippen LogP contribution is 2.65. The van der Waals surface area contributed by atoms with Crippen molar-refractivity contribution in [2.45, 2.75) is 69.0 Å². The van der Waals surface area contributed by atoms with Crippen molar-refractivity contribution in [3.8, 4) is 11.3 Å². The molecule has 4 fully saturated rings. The minimum Gasteiger partial charge on any atom is -0.365 e. The molecule has 0 unspecified atom stereocenters. The number of amides is 3. The fourth-order valence-corrected chi connectivity index (χ4v) is 8.93. The molecule has 10 heteroatoms. The third-order valence-corrected chi connectivity index (χ3v) is 9.52. The molecule has 3 amide bonds. The van der Waals surface area contributed by atoms with Crippen molar-refractivity contribution in [3.05, 3.63) is 39.5 Å². The first-order chi connectivity index (χ1) is 16.5. The van der Waals surface area contributed by atoms with Crippen LogP contribution >= 0.6 is 34.8 Å². The number of urea groups is 1. The zero-order valence-corrected chi connectivity index (χ0v) is 21.8. The van der Waals surface area contributed by atoms with Crippen molar-refractivity contribution in [1.82, 2.24) is 20.0 Å². The first-order valence-electron chi connectivity index (χ1n) is 12.1. The zero-order valence-electron chi connectivity index (χ0n) is 19.5. The summed E-state index contributed by atoms with van der Waals surface area (Å²) in [7, 11) is 0. The maximum atomic E-state index is 13.5. The van der Waals surface area contributed by atoms with Crippen molar-refractivity contribution >= 4 is 46.7 Å². The Bertz CT molecular complexity index is 1240. The van der Waals surface area contributed by atoms with Crippen LogP contribution in [0, 0.1) is 11.3 Å². The van der Waals surface area contributed by atoms with Gasteiger partial charge in [0.25, 0.3) is 5.91 Å². The number of carbonyl (C=O) groups is 2. The van der Waals surface area contributed by atoms with Crippen LogP contribution in [0.3, 0.4) is 0 Å². The molecule has 4 atom stereocenters. The van der Waals surface area contributed by atoms with Gasteiger partial charge in [0.15, 0.2) is 0 Å². The highest BCUT2D eigenvalue weighted by molar-refractivity contribution is 6.42. The van der Waals surface area contributed by atoms with Gasteiger partial charge in [-0.1, -0.05) is 36.2 Å². The van der Waals surface area contributed by atoms with E-state index in [1.54, 1.807) is 27.8 Å². The van der Waals surface area contributed by atoms with Gasteiger partial charge >= 0.3 is 6.03 Å². The van der Waals surface area contributed by atoms with Crippen molar-refractivity contribution in [2.24, 2.45) is 17.1 Å². The van der Waals surface area contributed by atoms with Crippen LogP contribution < -0.4 is 11.1 Å². The first kappa shape index (κ1) is 23.4. The topological polar surface area (TPSA) is 93.2 Å². The molecule has 3 N–H and O–H groups in total. The minimum absolute atomic E-state index is 0.116. The zero-order chi connectivity index (χ0) is 24.8. The average Bonchev–Trinajstić information content (AvgIpc) is 3.11. The average molecular weight is 537 g/mol. The van der Waals surface area contributed by atoms with Gasteiger partial charge in [0.1, 0.15) is 5.69 Å². The summed E-state index contributed by atoms with van der Waals surface area (Å²) in [4.78, 5) is 27.6. The van der Waals surface area contributed by atoms with Crippen molar-refractivity contribution in [3.63, 3.8) is 0 Å². The SMILES string of the molecule is C[C@@]12C[C@H]3C[C@@](Cl)(C1)C[C@](NC(=O)N1CCn4nc(-c5ccc(Cl)c(Cl)c5)c(C(N)=O)c4C1)(C3)C2. The number of nitrogens with two attached hydrogens (primary N) is 1. The van der Waals surface area contributed by atoms with Gasteiger partial charge in [-0.2, -0.15) is 5.10 Å². The second-order valence-corrected chi connectivity index (χ2v) is 13.1. The van der Waals surface area contributed by atoms with Gasteiger partial charge in [-0.25, -0.2) is 4.79 Å². The number of primary amides is 1. The van der Waals surface area contributed by atoms with Gasteiger partial charge in [-0.15, -0.1) is 11.6 Å². The highest BCUT2D eigenvalue weighted by atomic mass is 35.5. The van der Waals surface area contributed by atoms with Crippen LogP contribution in [-0.2, 0) is 13.1 Å². The molecule has 35 heavy (non-hydrogen) atoms. The number of benzene rings is 1. The molecule has 4 saturated carbocycles. The monoisotopic (exact) mass is 535 g/mol. The Hall–Kier alpha value is -1.96. The Balaban J connectivity index is 1.27. The summed E-state index contributed by atoms with van der Waals surface area (Å²) in [5.74, 6) is -0.0280. The molecule has 0 saturated heterocycles. The maximum absolute atomic E-state index is 13.5. The number of aromatic nitrogens is 2. The number of rotatable bonds is 3. The Morgan fingerprint density at radius 2 is 1.91 bits per heavy atom. The summed E-state index contributed by atoms with van der Waals surface area (Å²) < 4.78 is 1.77. The summed E-state index contributed by atoms with van der Waals surface area (Å²) in [5.41, 5.74) is 7.75. The summed E-state index contributed by atoms with van der Waals surface area (Å²) in [5, 5.41) is 8.83. The van der Waals surface area contributed by atoms with Crippen LogP contribution in [0.5, 0.6) is 0 Å². The van der Waals surface area contributed by atoms with E-state index >= 15 is 0 Å².